The molecule has 1 atom stereocenters. The van der Waals surface area contributed by atoms with Crippen LogP contribution in [0.15, 0.2) is 101 Å². The Balaban J connectivity index is 1.47. The van der Waals surface area contributed by atoms with Crippen LogP contribution in [0.5, 0.6) is 5.75 Å². The normalized spacial score (nSPS) is 16.8. The number of benzene rings is 3. The number of nitrogens with zero attached hydrogens (tertiary/aromatic N) is 1. The average molecular weight is 514 g/mol. The Morgan fingerprint density at radius 1 is 1.00 bits per heavy atom. The lowest BCUT2D eigenvalue weighted by Gasteiger charge is -2.24. The lowest BCUT2D eigenvalue weighted by Crippen LogP contribution is -2.29. The number of carbonyl (C=O) groups excluding carboxylic acids is 2. The van der Waals surface area contributed by atoms with Crippen molar-refractivity contribution in [3.8, 4) is 5.75 Å². The monoisotopic (exact) mass is 513 g/mol. The third kappa shape index (κ3) is 5.15. The van der Waals surface area contributed by atoms with E-state index in [0.29, 0.717) is 34.3 Å². The molecule has 5 rings (SSSR count). The van der Waals surface area contributed by atoms with Crippen molar-refractivity contribution in [2.24, 2.45) is 0 Å². The van der Waals surface area contributed by atoms with Crippen LogP contribution in [0.4, 0.5) is 0 Å². The number of amides is 1. The van der Waals surface area contributed by atoms with Crippen molar-refractivity contribution in [2.45, 2.75) is 26.1 Å². The second-order valence-corrected chi connectivity index (χ2v) is 9.30. The molecule has 0 unspecified atom stereocenters. The molecule has 1 aromatic heterocycles. The summed E-state index contributed by atoms with van der Waals surface area (Å²) in [6.45, 7) is 2.49. The molecule has 186 valence electrons. The summed E-state index contributed by atoms with van der Waals surface area (Å²) in [5.74, 6) is -0.628. The highest BCUT2D eigenvalue weighted by Gasteiger charge is 2.46. The molecule has 0 radical (unpaired) electrons. The van der Waals surface area contributed by atoms with Crippen molar-refractivity contribution < 1.29 is 23.8 Å². The van der Waals surface area contributed by atoms with Crippen LogP contribution in [0.25, 0.3) is 5.76 Å². The van der Waals surface area contributed by atoms with Crippen LogP contribution >= 0.6 is 11.6 Å². The molecule has 2 heterocycles. The topological polar surface area (TPSA) is 80.0 Å². The number of halogens is 1. The Morgan fingerprint density at radius 2 is 1.78 bits per heavy atom. The number of Topliss-reactive ketones (excluding diaryl/α,β-unsaturated/α-hetero) is 1. The van der Waals surface area contributed by atoms with Crippen LogP contribution in [0.2, 0.25) is 5.02 Å². The van der Waals surface area contributed by atoms with E-state index in [4.69, 9.17) is 20.8 Å². The number of hydrogen-bond acceptors (Lipinski definition) is 5. The quantitative estimate of drug-likeness (QED) is 0.175. The van der Waals surface area contributed by atoms with Gasteiger partial charge in [0.15, 0.2) is 0 Å². The number of aliphatic hydroxyl groups is 1. The van der Waals surface area contributed by atoms with E-state index in [1.54, 1.807) is 60.7 Å². The summed E-state index contributed by atoms with van der Waals surface area (Å²) in [5.41, 5.74) is 3.19. The molecule has 3 aromatic carbocycles. The molecule has 0 bridgehead atoms. The Labute approximate surface area is 219 Å². The molecule has 1 fully saturated rings. The number of rotatable bonds is 7. The number of aliphatic hydroxyl groups excluding tert-OH is 1. The average Bonchev–Trinajstić information content (AvgIpc) is 3.50. The van der Waals surface area contributed by atoms with Gasteiger partial charge < -0.3 is 19.2 Å². The third-order valence-corrected chi connectivity index (χ3v) is 6.46. The number of ketones is 1. The van der Waals surface area contributed by atoms with E-state index in [0.717, 1.165) is 11.1 Å². The first-order chi connectivity index (χ1) is 17.9. The third-order valence-electron chi connectivity index (χ3n) is 6.23. The maximum absolute atomic E-state index is 13.2. The molecule has 7 heteroatoms. The SMILES string of the molecule is Cc1cccc(COc2ccc(/C(O)=C3\C(=O)C(=O)N(Cc4ccco4)[C@@H]3c3cccc(Cl)c3)cc2)c1. The van der Waals surface area contributed by atoms with Gasteiger partial charge in [-0.1, -0.05) is 53.6 Å². The second-order valence-electron chi connectivity index (χ2n) is 8.86. The number of carbonyl (C=O) groups is 2. The minimum absolute atomic E-state index is 0.00717. The number of likely N-dealkylation sites (tertiary alicyclic amines) is 1. The van der Waals surface area contributed by atoms with Gasteiger partial charge in [0.1, 0.15) is 23.9 Å². The predicted molar refractivity (Wildman–Crippen MR) is 140 cm³/mol. The highest BCUT2D eigenvalue weighted by molar-refractivity contribution is 6.46. The molecule has 0 aliphatic carbocycles. The Kier molecular flexibility index (Phi) is 6.84. The maximum Gasteiger partial charge on any atom is 0.296 e. The zero-order valence-corrected chi connectivity index (χ0v) is 20.8. The fraction of sp³-hybridized carbons (Fsp3) is 0.133. The zero-order chi connectivity index (χ0) is 25.9. The summed E-state index contributed by atoms with van der Waals surface area (Å²) < 4.78 is 11.3. The van der Waals surface area contributed by atoms with Crippen LogP contribution in [0.1, 0.15) is 34.1 Å². The van der Waals surface area contributed by atoms with Crippen LogP contribution in [0.3, 0.4) is 0 Å². The van der Waals surface area contributed by atoms with E-state index in [1.165, 1.54) is 11.2 Å². The number of aryl methyl sites for hydroxylation is 1. The lowest BCUT2D eigenvalue weighted by molar-refractivity contribution is -0.140. The lowest BCUT2D eigenvalue weighted by atomic mass is 9.95. The smallest absolute Gasteiger partial charge is 0.296 e. The van der Waals surface area contributed by atoms with E-state index in [1.807, 2.05) is 25.1 Å². The first kappa shape index (κ1) is 24.4. The highest BCUT2D eigenvalue weighted by atomic mass is 35.5. The van der Waals surface area contributed by atoms with Gasteiger partial charge in [0.25, 0.3) is 11.7 Å². The fourth-order valence-corrected chi connectivity index (χ4v) is 4.67. The minimum atomic E-state index is -0.832. The van der Waals surface area contributed by atoms with Crippen molar-refractivity contribution in [1.29, 1.82) is 0 Å². The van der Waals surface area contributed by atoms with E-state index >= 15 is 0 Å². The molecule has 37 heavy (non-hydrogen) atoms. The molecule has 1 saturated heterocycles. The first-order valence-electron chi connectivity index (χ1n) is 11.8. The van der Waals surface area contributed by atoms with Gasteiger partial charge >= 0.3 is 0 Å². The van der Waals surface area contributed by atoms with E-state index < -0.39 is 17.7 Å². The molecule has 1 aliphatic heterocycles. The Bertz CT molecular complexity index is 1470. The van der Waals surface area contributed by atoms with Gasteiger partial charge in [-0.15, -0.1) is 0 Å². The van der Waals surface area contributed by atoms with Crippen molar-refractivity contribution in [1.82, 2.24) is 4.90 Å². The molecular weight excluding hydrogens is 490 g/mol. The van der Waals surface area contributed by atoms with Gasteiger partial charge in [-0.3, -0.25) is 9.59 Å². The standard InChI is InChI=1S/C30H24ClNO5/c1-19-5-2-6-20(15-19)18-37-24-12-10-21(11-13-24)28(33)26-27(22-7-3-8-23(31)16-22)32(30(35)29(26)34)17-25-9-4-14-36-25/h2-16,27,33H,17-18H2,1H3/b28-26+/t27-/m1/s1. The van der Waals surface area contributed by atoms with Crippen molar-refractivity contribution in [3.05, 3.63) is 130 Å². The predicted octanol–water partition coefficient (Wildman–Crippen LogP) is 6.44. The number of furan rings is 1. The van der Waals surface area contributed by atoms with Crippen molar-refractivity contribution in [3.63, 3.8) is 0 Å². The van der Waals surface area contributed by atoms with E-state index in [9.17, 15) is 14.7 Å². The summed E-state index contributed by atoms with van der Waals surface area (Å²) >= 11 is 6.23. The minimum Gasteiger partial charge on any atom is -0.507 e. The molecular formula is C30H24ClNO5. The Morgan fingerprint density at radius 3 is 2.49 bits per heavy atom. The summed E-state index contributed by atoms with van der Waals surface area (Å²) in [6.07, 6.45) is 1.50. The molecule has 1 amide bonds. The second kappa shape index (κ2) is 10.4. The molecule has 1 aliphatic rings. The van der Waals surface area contributed by atoms with Gasteiger partial charge in [-0.2, -0.15) is 0 Å². The molecule has 0 saturated carbocycles. The van der Waals surface area contributed by atoms with Crippen LogP contribution in [-0.2, 0) is 22.7 Å². The van der Waals surface area contributed by atoms with Crippen LogP contribution in [-0.4, -0.2) is 21.7 Å². The van der Waals surface area contributed by atoms with Gasteiger partial charge in [-0.05, 0) is 66.6 Å². The number of hydrogen-bond donors (Lipinski definition) is 1. The fourth-order valence-electron chi connectivity index (χ4n) is 4.47. The maximum atomic E-state index is 13.2. The van der Waals surface area contributed by atoms with Crippen LogP contribution in [0, 0.1) is 6.92 Å². The van der Waals surface area contributed by atoms with Crippen LogP contribution < -0.4 is 4.74 Å². The van der Waals surface area contributed by atoms with E-state index in [2.05, 4.69) is 6.07 Å². The molecule has 4 aromatic rings. The zero-order valence-electron chi connectivity index (χ0n) is 20.1. The van der Waals surface area contributed by atoms with Gasteiger partial charge in [0.2, 0.25) is 0 Å². The van der Waals surface area contributed by atoms with Crippen molar-refractivity contribution >= 4 is 29.1 Å². The summed E-state index contributed by atoms with van der Waals surface area (Å²) in [6, 6.07) is 24.3. The van der Waals surface area contributed by atoms with Crippen molar-refractivity contribution in [2.75, 3.05) is 0 Å². The largest absolute Gasteiger partial charge is 0.507 e. The number of ether oxygens (including phenoxy) is 1. The van der Waals surface area contributed by atoms with E-state index in [-0.39, 0.29) is 17.9 Å². The van der Waals surface area contributed by atoms with Gasteiger partial charge in [0.05, 0.1) is 24.4 Å². The summed E-state index contributed by atoms with van der Waals surface area (Å²) in [7, 11) is 0. The Hall–Kier alpha value is -4.29. The summed E-state index contributed by atoms with van der Waals surface area (Å²) in [5, 5.41) is 11.7. The van der Waals surface area contributed by atoms with Gasteiger partial charge in [-0.25, -0.2) is 0 Å². The first-order valence-corrected chi connectivity index (χ1v) is 12.1. The molecule has 1 N–H and O–H groups in total. The molecule has 6 nitrogen and oxygen atoms in total. The highest BCUT2D eigenvalue weighted by Crippen LogP contribution is 2.41. The summed E-state index contributed by atoms with van der Waals surface area (Å²) in [4.78, 5) is 27.7. The molecule has 0 spiro atoms. The van der Waals surface area contributed by atoms with Gasteiger partial charge in [0, 0.05) is 10.6 Å².